The average Bonchev–Trinajstić information content (AvgIpc) is 2.58. The van der Waals surface area contributed by atoms with Gasteiger partial charge in [0.25, 0.3) is 6.29 Å². The predicted octanol–water partition coefficient (Wildman–Crippen LogP) is 4.59. The Labute approximate surface area is 169 Å². The number of esters is 1. The Kier molecular flexibility index (Phi) is 13.3. The van der Waals surface area contributed by atoms with Crippen LogP contribution >= 0.6 is 0 Å². The topological polar surface area (TPSA) is 102 Å². The number of rotatable bonds is 14. The van der Waals surface area contributed by atoms with Gasteiger partial charge in [0, 0.05) is 18.9 Å². The summed E-state index contributed by atoms with van der Waals surface area (Å²) < 4.78 is 10.5. The molecule has 0 unspecified atom stereocenters. The van der Waals surface area contributed by atoms with Crippen molar-refractivity contribution in [1.29, 1.82) is 0 Å². The number of carbonyl (C=O) groups excluding carboxylic acids is 2. The van der Waals surface area contributed by atoms with Gasteiger partial charge in [-0.1, -0.05) is 67.2 Å². The van der Waals surface area contributed by atoms with Crippen LogP contribution in [-0.2, 0) is 19.1 Å². The van der Waals surface area contributed by atoms with Crippen LogP contribution < -0.4 is 5.32 Å². The molecule has 0 aliphatic heterocycles. The molecule has 7 heteroatoms. The first-order valence-corrected chi connectivity index (χ1v) is 10.4. The molecule has 0 aliphatic rings. The molecule has 0 aromatic carbocycles. The largest absolute Gasteiger partial charge is 0.481 e. The highest BCUT2D eigenvalue weighted by Crippen LogP contribution is 2.21. The van der Waals surface area contributed by atoms with E-state index in [1.165, 1.54) is 6.42 Å². The molecule has 0 fully saturated rings. The first-order chi connectivity index (χ1) is 13.1. The fraction of sp³-hybridized carbons (Fsp3) is 0.857. The lowest BCUT2D eigenvalue weighted by atomic mass is 9.89. The summed E-state index contributed by atoms with van der Waals surface area (Å²) in [6.45, 7) is 11.5. The van der Waals surface area contributed by atoms with Crippen LogP contribution in [0.4, 0.5) is 4.79 Å². The van der Waals surface area contributed by atoms with E-state index in [0.29, 0.717) is 5.92 Å². The van der Waals surface area contributed by atoms with Gasteiger partial charge >= 0.3 is 18.0 Å². The van der Waals surface area contributed by atoms with Gasteiger partial charge in [0.1, 0.15) is 0 Å². The van der Waals surface area contributed by atoms with Crippen molar-refractivity contribution in [3.8, 4) is 0 Å². The molecule has 0 rings (SSSR count). The number of amides is 1. The Balaban J connectivity index is 4.61. The Morgan fingerprint density at radius 2 is 1.64 bits per heavy atom. The number of unbranched alkanes of at least 4 members (excludes halogenated alkanes) is 2. The number of carboxylic acids is 1. The van der Waals surface area contributed by atoms with E-state index in [9.17, 15) is 14.4 Å². The van der Waals surface area contributed by atoms with Crippen LogP contribution in [-0.4, -0.2) is 36.0 Å². The molecule has 7 nitrogen and oxygen atoms in total. The summed E-state index contributed by atoms with van der Waals surface area (Å²) in [6, 6.07) is 0. The van der Waals surface area contributed by atoms with E-state index in [-0.39, 0.29) is 30.7 Å². The van der Waals surface area contributed by atoms with Crippen molar-refractivity contribution in [2.75, 3.05) is 6.54 Å². The molecule has 0 aliphatic carbocycles. The predicted molar refractivity (Wildman–Crippen MR) is 108 cm³/mol. The number of aliphatic carboxylic acids is 1. The summed E-state index contributed by atoms with van der Waals surface area (Å²) in [5.41, 5.74) is 0. The van der Waals surface area contributed by atoms with E-state index in [1.54, 1.807) is 27.7 Å². The third-order valence-corrected chi connectivity index (χ3v) is 4.51. The van der Waals surface area contributed by atoms with Gasteiger partial charge in [-0.15, -0.1) is 0 Å². The zero-order valence-electron chi connectivity index (χ0n) is 18.3. The van der Waals surface area contributed by atoms with E-state index in [2.05, 4.69) is 19.2 Å². The smallest absolute Gasteiger partial charge is 0.410 e. The molecule has 2 N–H and O–H groups in total. The Hall–Kier alpha value is -1.79. The molecule has 0 heterocycles. The minimum absolute atomic E-state index is 0.00561. The van der Waals surface area contributed by atoms with E-state index in [0.717, 1.165) is 25.7 Å². The molecular weight excluding hydrogens is 362 g/mol. The van der Waals surface area contributed by atoms with Crippen molar-refractivity contribution < 1.29 is 29.0 Å². The van der Waals surface area contributed by atoms with Crippen LogP contribution in [0.2, 0.25) is 0 Å². The van der Waals surface area contributed by atoms with E-state index < -0.39 is 24.3 Å². The molecule has 0 radical (unpaired) electrons. The molecule has 1 amide bonds. The lowest BCUT2D eigenvalue weighted by Crippen LogP contribution is -2.37. The SMILES string of the molecule is CCCCC[C@@H](C)C[C@H](CNC(=O)O[C@@H](OC(=O)C(C)C)C(C)C)CC(=O)O. The van der Waals surface area contributed by atoms with Crippen molar-refractivity contribution in [2.45, 2.75) is 86.4 Å². The minimum Gasteiger partial charge on any atom is -0.481 e. The first-order valence-electron chi connectivity index (χ1n) is 10.4. The third-order valence-electron chi connectivity index (χ3n) is 4.51. The van der Waals surface area contributed by atoms with Gasteiger partial charge in [0.2, 0.25) is 0 Å². The molecule has 3 atom stereocenters. The van der Waals surface area contributed by atoms with Crippen LogP contribution in [0.5, 0.6) is 0 Å². The lowest BCUT2D eigenvalue weighted by Gasteiger charge is -2.24. The second-order valence-corrected chi connectivity index (χ2v) is 8.29. The first kappa shape index (κ1) is 26.2. The number of ether oxygens (including phenoxy) is 2. The molecule has 0 aromatic rings. The highest BCUT2D eigenvalue weighted by molar-refractivity contribution is 5.72. The van der Waals surface area contributed by atoms with Crippen molar-refractivity contribution in [2.24, 2.45) is 23.7 Å². The maximum Gasteiger partial charge on any atom is 0.410 e. The van der Waals surface area contributed by atoms with E-state index in [1.807, 2.05) is 0 Å². The maximum atomic E-state index is 12.1. The van der Waals surface area contributed by atoms with E-state index >= 15 is 0 Å². The van der Waals surface area contributed by atoms with E-state index in [4.69, 9.17) is 14.6 Å². The number of carbonyl (C=O) groups is 3. The molecule has 0 aromatic heterocycles. The zero-order valence-corrected chi connectivity index (χ0v) is 18.3. The van der Waals surface area contributed by atoms with Gasteiger partial charge in [-0.2, -0.15) is 0 Å². The highest BCUT2D eigenvalue weighted by Gasteiger charge is 2.25. The van der Waals surface area contributed by atoms with Gasteiger partial charge in [0.05, 0.1) is 5.92 Å². The number of hydrogen-bond donors (Lipinski definition) is 2. The molecule has 164 valence electrons. The number of hydrogen-bond acceptors (Lipinski definition) is 5. The molecule has 0 bridgehead atoms. The number of alkyl carbamates (subject to hydrolysis) is 1. The van der Waals surface area contributed by atoms with Gasteiger partial charge in [-0.25, -0.2) is 4.79 Å². The average molecular weight is 402 g/mol. The Bertz CT molecular complexity index is 478. The molecular formula is C21H39NO6. The van der Waals surface area contributed by atoms with Crippen molar-refractivity contribution >= 4 is 18.0 Å². The summed E-state index contributed by atoms with van der Waals surface area (Å²) in [6.07, 6.45) is 3.55. The lowest BCUT2D eigenvalue weighted by molar-refractivity contribution is -0.178. The van der Waals surface area contributed by atoms with Gasteiger partial charge in [-0.3, -0.25) is 9.59 Å². The normalized spacial score (nSPS) is 14.4. The summed E-state index contributed by atoms with van der Waals surface area (Å²) in [7, 11) is 0. The van der Waals surface area contributed by atoms with Crippen molar-refractivity contribution in [3.63, 3.8) is 0 Å². The van der Waals surface area contributed by atoms with Gasteiger partial charge < -0.3 is 19.9 Å². The Morgan fingerprint density at radius 3 is 2.14 bits per heavy atom. The van der Waals surface area contributed by atoms with Crippen LogP contribution in [0.3, 0.4) is 0 Å². The second kappa shape index (κ2) is 14.2. The summed E-state index contributed by atoms with van der Waals surface area (Å²) in [4.78, 5) is 35.0. The molecule has 0 spiro atoms. The standard InChI is InChI=1S/C21H39NO6/c1-7-8-9-10-16(6)11-17(12-18(23)24)13-22-21(26)28-20(15(4)5)27-19(25)14(2)3/h14-17,20H,7-13H2,1-6H3,(H,22,26)(H,23,24)/t16-,17+,20-/m1/s1. The number of nitrogens with one attached hydrogen (secondary N) is 1. The fourth-order valence-electron chi connectivity index (χ4n) is 2.84. The quantitative estimate of drug-likeness (QED) is 0.251. The summed E-state index contributed by atoms with van der Waals surface area (Å²) in [5, 5.41) is 11.8. The monoisotopic (exact) mass is 401 g/mol. The van der Waals surface area contributed by atoms with Gasteiger partial charge in [-0.05, 0) is 18.3 Å². The summed E-state index contributed by atoms with van der Waals surface area (Å²) in [5.74, 6) is -1.60. The number of carboxylic acid groups (broad SMARTS) is 1. The van der Waals surface area contributed by atoms with Gasteiger partial charge in [0.15, 0.2) is 0 Å². The second-order valence-electron chi connectivity index (χ2n) is 8.29. The summed E-state index contributed by atoms with van der Waals surface area (Å²) >= 11 is 0. The van der Waals surface area contributed by atoms with Crippen LogP contribution in [0.15, 0.2) is 0 Å². The molecule has 0 saturated carbocycles. The van der Waals surface area contributed by atoms with Crippen LogP contribution in [0.25, 0.3) is 0 Å². The Morgan fingerprint density at radius 1 is 1.00 bits per heavy atom. The zero-order chi connectivity index (χ0) is 21.7. The van der Waals surface area contributed by atoms with Crippen LogP contribution in [0.1, 0.15) is 80.1 Å². The molecule has 0 saturated heterocycles. The maximum absolute atomic E-state index is 12.1. The van der Waals surface area contributed by atoms with Crippen LogP contribution in [0, 0.1) is 23.7 Å². The van der Waals surface area contributed by atoms with Crippen molar-refractivity contribution in [1.82, 2.24) is 5.32 Å². The fourth-order valence-corrected chi connectivity index (χ4v) is 2.84. The molecule has 28 heavy (non-hydrogen) atoms. The third kappa shape index (κ3) is 12.6. The minimum atomic E-state index is -0.971. The highest BCUT2D eigenvalue weighted by atomic mass is 16.7. The van der Waals surface area contributed by atoms with Crippen molar-refractivity contribution in [3.05, 3.63) is 0 Å².